The third kappa shape index (κ3) is 3.44. The Morgan fingerprint density at radius 2 is 1.95 bits per heavy atom. The normalized spacial score (nSPS) is 10.8. The van der Waals surface area contributed by atoms with E-state index in [-0.39, 0.29) is 22.4 Å². The molecule has 8 heteroatoms. The van der Waals surface area contributed by atoms with E-state index in [4.69, 9.17) is 16.9 Å². The van der Waals surface area contributed by atoms with Crippen molar-refractivity contribution in [3.63, 3.8) is 0 Å². The molecule has 0 saturated carbocycles. The number of rotatable bonds is 4. The molecule has 0 aliphatic rings. The maximum absolute atomic E-state index is 12.1. The molecule has 2 rings (SSSR count). The van der Waals surface area contributed by atoms with Crippen LogP contribution in [0.15, 0.2) is 41.4 Å². The molecule has 102 valence electrons. The van der Waals surface area contributed by atoms with Gasteiger partial charge in [0.15, 0.2) is 0 Å². The van der Waals surface area contributed by atoms with E-state index in [0.717, 1.165) is 5.56 Å². The zero-order chi connectivity index (χ0) is 14.6. The van der Waals surface area contributed by atoms with Gasteiger partial charge in [0.25, 0.3) is 10.0 Å². The summed E-state index contributed by atoms with van der Waals surface area (Å²) < 4.78 is 26.5. The maximum Gasteiger partial charge on any atom is 0.263 e. The van der Waals surface area contributed by atoms with Gasteiger partial charge in [0, 0.05) is 6.20 Å². The highest BCUT2D eigenvalue weighted by atomic mass is 35.5. The quantitative estimate of drug-likeness (QED) is 0.871. The van der Waals surface area contributed by atoms with E-state index in [1.54, 1.807) is 12.1 Å². The zero-order valence-electron chi connectivity index (χ0n) is 10.1. The molecule has 6 nitrogen and oxygen atoms in total. The summed E-state index contributed by atoms with van der Waals surface area (Å²) in [5, 5.41) is 8.52. The largest absolute Gasteiger partial charge is 0.263 e. The van der Waals surface area contributed by atoms with E-state index in [9.17, 15) is 8.42 Å². The maximum atomic E-state index is 12.1. The number of sulfonamides is 1. The van der Waals surface area contributed by atoms with Crippen molar-refractivity contribution in [3.8, 4) is 6.07 Å². The van der Waals surface area contributed by atoms with Crippen molar-refractivity contribution in [1.29, 1.82) is 5.26 Å². The molecule has 0 atom stereocenters. The average molecular weight is 309 g/mol. The molecular weight excluding hydrogens is 300 g/mol. The molecular formula is C12H9ClN4O2S. The van der Waals surface area contributed by atoms with Crippen molar-refractivity contribution < 1.29 is 8.42 Å². The molecule has 1 heterocycles. The Morgan fingerprint density at radius 3 is 2.55 bits per heavy atom. The van der Waals surface area contributed by atoms with E-state index < -0.39 is 10.0 Å². The van der Waals surface area contributed by atoms with Gasteiger partial charge in [-0.05, 0) is 35.4 Å². The monoisotopic (exact) mass is 308 g/mol. The molecule has 0 spiro atoms. The van der Waals surface area contributed by atoms with Gasteiger partial charge in [0.05, 0.1) is 17.4 Å². The van der Waals surface area contributed by atoms with Crippen LogP contribution < -0.4 is 4.72 Å². The van der Waals surface area contributed by atoms with Crippen LogP contribution in [0.2, 0.25) is 5.28 Å². The number of halogens is 1. The molecule has 0 aliphatic carbocycles. The molecule has 0 aliphatic heterocycles. The first-order chi connectivity index (χ1) is 9.51. The summed E-state index contributed by atoms with van der Waals surface area (Å²) in [4.78, 5) is 7.49. The Labute approximate surface area is 121 Å². The van der Waals surface area contributed by atoms with Crippen LogP contribution in [-0.2, 0) is 16.4 Å². The number of aromatic nitrogens is 2. The second-order valence-electron chi connectivity index (χ2n) is 3.80. The molecule has 1 aromatic heterocycles. The molecule has 2 aromatic rings. The van der Waals surface area contributed by atoms with Gasteiger partial charge in [-0.3, -0.25) is 4.72 Å². The van der Waals surface area contributed by atoms with Gasteiger partial charge in [-0.1, -0.05) is 12.1 Å². The Balaban J connectivity index is 2.24. The molecule has 1 aromatic carbocycles. The first-order valence-corrected chi connectivity index (χ1v) is 7.34. The van der Waals surface area contributed by atoms with Crippen LogP contribution in [0.1, 0.15) is 5.56 Å². The highest BCUT2D eigenvalue weighted by molar-refractivity contribution is 7.92. The fourth-order valence-corrected chi connectivity index (χ4v) is 2.61. The van der Waals surface area contributed by atoms with Crippen LogP contribution in [0.5, 0.6) is 0 Å². The summed E-state index contributed by atoms with van der Waals surface area (Å²) in [6.45, 7) is 0. The SMILES string of the molecule is N#CCc1ccc(S(=O)(=O)Nc2ccnc(Cl)n2)cc1. The highest BCUT2D eigenvalue weighted by Gasteiger charge is 2.14. The van der Waals surface area contributed by atoms with Crippen molar-refractivity contribution >= 4 is 27.4 Å². The lowest BCUT2D eigenvalue weighted by Crippen LogP contribution is -2.14. The first-order valence-electron chi connectivity index (χ1n) is 5.48. The summed E-state index contributed by atoms with van der Waals surface area (Å²) in [7, 11) is -3.74. The van der Waals surface area contributed by atoms with E-state index >= 15 is 0 Å². The van der Waals surface area contributed by atoms with Gasteiger partial charge in [0.2, 0.25) is 5.28 Å². The van der Waals surface area contributed by atoms with E-state index in [1.165, 1.54) is 24.4 Å². The van der Waals surface area contributed by atoms with Gasteiger partial charge in [-0.25, -0.2) is 13.4 Å². The van der Waals surface area contributed by atoms with Gasteiger partial charge in [0.1, 0.15) is 5.82 Å². The third-order valence-corrected chi connectivity index (χ3v) is 3.93. The molecule has 0 radical (unpaired) electrons. The summed E-state index contributed by atoms with van der Waals surface area (Å²) in [5.41, 5.74) is 0.747. The fourth-order valence-electron chi connectivity index (χ4n) is 1.47. The summed E-state index contributed by atoms with van der Waals surface area (Å²) in [6.07, 6.45) is 1.58. The van der Waals surface area contributed by atoms with Crippen LogP contribution in [0.4, 0.5) is 5.82 Å². The summed E-state index contributed by atoms with van der Waals surface area (Å²) in [6, 6.07) is 9.42. The van der Waals surface area contributed by atoms with E-state index in [0.29, 0.717) is 0 Å². The number of nitrogens with zero attached hydrogens (tertiary/aromatic N) is 3. The van der Waals surface area contributed by atoms with Crippen molar-refractivity contribution in [1.82, 2.24) is 9.97 Å². The van der Waals surface area contributed by atoms with Crippen molar-refractivity contribution in [2.75, 3.05) is 4.72 Å². The Kier molecular flexibility index (Phi) is 4.17. The smallest absolute Gasteiger partial charge is 0.263 e. The summed E-state index contributed by atoms with van der Waals surface area (Å²) in [5.74, 6) is 0.0890. The second kappa shape index (κ2) is 5.86. The lowest BCUT2D eigenvalue weighted by Gasteiger charge is -2.07. The molecule has 0 saturated heterocycles. The fraction of sp³-hybridized carbons (Fsp3) is 0.0833. The number of anilines is 1. The minimum atomic E-state index is -3.74. The van der Waals surface area contributed by atoms with Gasteiger partial charge >= 0.3 is 0 Å². The van der Waals surface area contributed by atoms with Crippen molar-refractivity contribution in [2.45, 2.75) is 11.3 Å². The standard InChI is InChI=1S/C12H9ClN4O2S/c13-12-15-8-6-11(16-12)17-20(18,19)10-3-1-9(2-4-10)5-7-14/h1-4,6,8H,5H2,(H,15,16,17). The van der Waals surface area contributed by atoms with Gasteiger partial charge in [-0.15, -0.1) is 0 Å². The number of nitriles is 1. The van der Waals surface area contributed by atoms with Crippen molar-refractivity contribution in [2.24, 2.45) is 0 Å². The van der Waals surface area contributed by atoms with E-state index in [2.05, 4.69) is 14.7 Å². The Hall–Kier alpha value is -2.17. The Morgan fingerprint density at radius 1 is 1.25 bits per heavy atom. The lowest BCUT2D eigenvalue weighted by molar-refractivity contribution is 0.601. The minimum Gasteiger partial charge on any atom is -0.263 e. The molecule has 1 N–H and O–H groups in total. The predicted octanol–water partition coefficient (Wildman–Crippen LogP) is 2.00. The lowest BCUT2D eigenvalue weighted by atomic mass is 10.2. The third-order valence-electron chi connectivity index (χ3n) is 2.38. The van der Waals surface area contributed by atoms with Gasteiger partial charge in [-0.2, -0.15) is 10.2 Å². The zero-order valence-corrected chi connectivity index (χ0v) is 11.7. The molecule has 20 heavy (non-hydrogen) atoms. The number of hydrogen-bond donors (Lipinski definition) is 1. The van der Waals surface area contributed by atoms with Crippen LogP contribution in [0, 0.1) is 11.3 Å². The topological polar surface area (TPSA) is 95.7 Å². The van der Waals surface area contributed by atoms with E-state index in [1.807, 2.05) is 6.07 Å². The van der Waals surface area contributed by atoms with Gasteiger partial charge < -0.3 is 0 Å². The molecule has 0 unspecified atom stereocenters. The van der Waals surface area contributed by atoms with Crippen molar-refractivity contribution in [3.05, 3.63) is 47.4 Å². The highest BCUT2D eigenvalue weighted by Crippen LogP contribution is 2.16. The number of hydrogen-bond acceptors (Lipinski definition) is 5. The first kappa shape index (κ1) is 14.2. The minimum absolute atomic E-state index is 0.0467. The van der Waals surface area contributed by atoms with Crippen LogP contribution in [0.25, 0.3) is 0 Å². The number of benzene rings is 1. The molecule has 0 bridgehead atoms. The Bertz CT molecular complexity index is 754. The molecule has 0 amide bonds. The summed E-state index contributed by atoms with van der Waals surface area (Å²) >= 11 is 5.59. The average Bonchev–Trinajstić information content (AvgIpc) is 2.39. The van der Waals surface area contributed by atoms with Crippen LogP contribution >= 0.6 is 11.6 Å². The van der Waals surface area contributed by atoms with Crippen LogP contribution in [-0.4, -0.2) is 18.4 Å². The van der Waals surface area contributed by atoms with Crippen LogP contribution in [0.3, 0.4) is 0 Å². The number of nitrogens with one attached hydrogen (secondary N) is 1. The molecule has 0 fully saturated rings. The predicted molar refractivity (Wildman–Crippen MR) is 73.6 cm³/mol. The second-order valence-corrected chi connectivity index (χ2v) is 5.82.